The first-order chi connectivity index (χ1) is 8.89. The number of benzene rings is 1. The van der Waals surface area contributed by atoms with Crippen molar-refractivity contribution in [2.75, 3.05) is 26.2 Å². The number of hydrogen-bond acceptors (Lipinski definition) is 2. The summed E-state index contributed by atoms with van der Waals surface area (Å²) in [6.07, 6.45) is -4.27. The van der Waals surface area contributed by atoms with Gasteiger partial charge in [0, 0.05) is 30.7 Å². The van der Waals surface area contributed by atoms with Crippen molar-refractivity contribution in [2.45, 2.75) is 19.1 Å². The van der Waals surface area contributed by atoms with Crippen molar-refractivity contribution in [3.05, 3.63) is 33.8 Å². The Bertz CT molecular complexity index is 442. The van der Waals surface area contributed by atoms with E-state index in [1.165, 1.54) is 4.90 Å². The lowest BCUT2D eigenvalue weighted by Gasteiger charge is -2.36. The third-order valence-electron chi connectivity index (χ3n) is 3.28. The molecule has 0 aromatic heterocycles. The van der Waals surface area contributed by atoms with Crippen molar-refractivity contribution in [3.63, 3.8) is 0 Å². The summed E-state index contributed by atoms with van der Waals surface area (Å²) in [5, 5.41) is 3.08. The van der Waals surface area contributed by atoms with Gasteiger partial charge in [0.1, 0.15) is 6.04 Å². The molecule has 19 heavy (non-hydrogen) atoms. The molecule has 6 heteroatoms. The molecule has 1 aliphatic rings. The summed E-state index contributed by atoms with van der Waals surface area (Å²) < 4.78 is 40.7. The monoisotopic (exact) mass is 336 g/mol. The summed E-state index contributed by atoms with van der Waals surface area (Å²) in [6.45, 7) is 3.86. The Labute approximate surface area is 119 Å². The summed E-state index contributed by atoms with van der Waals surface area (Å²) in [5.41, 5.74) is 1.23. The lowest BCUT2D eigenvalue weighted by molar-refractivity contribution is -0.188. The van der Waals surface area contributed by atoms with Gasteiger partial charge >= 0.3 is 6.18 Å². The average Bonchev–Trinajstić information content (AvgIpc) is 2.32. The Morgan fingerprint density at radius 2 is 1.89 bits per heavy atom. The van der Waals surface area contributed by atoms with Gasteiger partial charge in [-0.2, -0.15) is 13.2 Å². The van der Waals surface area contributed by atoms with Gasteiger partial charge < -0.3 is 5.32 Å². The van der Waals surface area contributed by atoms with Crippen LogP contribution in [-0.4, -0.2) is 37.3 Å². The molecule has 0 amide bonds. The molecular formula is C13H16BrF3N2. The molecule has 0 aliphatic carbocycles. The second kappa shape index (κ2) is 5.81. The van der Waals surface area contributed by atoms with E-state index in [1.54, 1.807) is 18.2 Å². The normalized spacial score (nSPS) is 19.4. The molecule has 1 fully saturated rings. The first-order valence-corrected chi connectivity index (χ1v) is 6.96. The second-order valence-electron chi connectivity index (χ2n) is 4.76. The van der Waals surface area contributed by atoms with Crippen LogP contribution in [0.25, 0.3) is 0 Å². The largest absolute Gasteiger partial charge is 0.408 e. The molecule has 0 radical (unpaired) electrons. The van der Waals surface area contributed by atoms with E-state index in [0.29, 0.717) is 36.2 Å². The summed E-state index contributed by atoms with van der Waals surface area (Å²) in [5.74, 6) is 0. The number of nitrogens with zero attached hydrogens (tertiary/aromatic N) is 1. The van der Waals surface area contributed by atoms with E-state index in [9.17, 15) is 13.2 Å². The van der Waals surface area contributed by atoms with E-state index < -0.39 is 12.2 Å². The third kappa shape index (κ3) is 3.49. The van der Waals surface area contributed by atoms with Crippen LogP contribution in [0.2, 0.25) is 0 Å². The standard InChI is InChI=1S/C13H16BrF3N2/c1-9-2-3-10(11(14)8-9)12(13(15,16)17)19-6-4-18-5-7-19/h2-3,8,12,18H,4-7H2,1H3/t12-/m0/s1. The Morgan fingerprint density at radius 3 is 2.42 bits per heavy atom. The maximum absolute atomic E-state index is 13.4. The highest BCUT2D eigenvalue weighted by molar-refractivity contribution is 9.10. The van der Waals surface area contributed by atoms with Gasteiger partial charge in [-0.15, -0.1) is 0 Å². The predicted molar refractivity (Wildman–Crippen MR) is 72.1 cm³/mol. The Hall–Kier alpha value is -0.590. The van der Waals surface area contributed by atoms with E-state index in [1.807, 2.05) is 6.92 Å². The van der Waals surface area contributed by atoms with Gasteiger partial charge in [-0.25, -0.2) is 0 Å². The first-order valence-electron chi connectivity index (χ1n) is 6.17. The zero-order chi connectivity index (χ0) is 14.0. The molecule has 2 nitrogen and oxygen atoms in total. The third-order valence-corrected chi connectivity index (χ3v) is 3.96. The number of rotatable bonds is 2. The fourth-order valence-corrected chi connectivity index (χ4v) is 3.08. The average molecular weight is 337 g/mol. The fourth-order valence-electron chi connectivity index (χ4n) is 2.37. The Kier molecular flexibility index (Phi) is 4.53. The van der Waals surface area contributed by atoms with Gasteiger partial charge in [0.2, 0.25) is 0 Å². The number of hydrogen-bond donors (Lipinski definition) is 1. The summed E-state index contributed by atoms with van der Waals surface area (Å²) in [7, 11) is 0. The van der Waals surface area contributed by atoms with Crippen LogP contribution in [0.15, 0.2) is 22.7 Å². The van der Waals surface area contributed by atoms with E-state index in [4.69, 9.17) is 0 Å². The number of piperazine rings is 1. The minimum atomic E-state index is -4.27. The topological polar surface area (TPSA) is 15.3 Å². The van der Waals surface area contributed by atoms with Gasteiger partial charge in [0.25, 0.3) is 0 Å². The number of aryl methyl sites for hydroxylation is 1. The van der Waals surface area contributed by atoms with Crippen LogP contribution in [0, 0.1) is 6.92 Å². The molecule has 1 saturated heterocycles. The minimum absolute atomic E-state index is 0.292. The van der Waals surface area contributed by atoms with Gasteiger partial charge in [-0.05, 0) is 24.1 Å². The first kappa shape index (κ1) is 14.8. The SMILES string of the molecule is Cc1ccc([C@H](N2CCNCC2)C(F)(F)F)c(Br)c1. The molecular weight excluding hydrogens is 321 g/mol. The van der Waals surface area contributed by atoms with E-state index >= 15 is 0 Å². The number of nitrogens with one attached hydrogen (secondary N) is 1. The maximum atomic E-state index is 13.4. The van der Waals surface area contributed by atoms with Crippen LogP contribution in [-0.2, 0) is 0 Å². The molecule has 1 aromatic carbocycles. The molecule has 1 atom stereocenters. The smallest absolute Gasteiger partial charge is 0.314 e. The van der Waals surface area contributed by atoms with Crippen molar-refractivity contribution in [1.29, 1.82) is 0 Å². The van der Waals surface area contributed by atoms with Crippen LogP contribution in [0.1, 0.15) is 17.2 Å². The fraction of sp³-hybridized carbons (Fsp3) is 0.538. The van der Waals surface area contributed by atoms with Crippen molar-refractivity contribution < 1.29 is 13.2 Å². The molecule has 1 aliphatic heterocycles. The maximum Gasteiger partial charge on any atom is 0.408 e. The van der Waals surface area contributed by atoms with E-state index in [-0.39, 0.29) is 0 Å². The molecule has 106 valence electrons. The van der Waals surface area contributed by atoms with Gasteiger partial charge in [-0.3, -0.25) is 4.90 Å². The highest BCUT2D eigenvalue weighted by Gasteiger charge is 2.45. The van der Waals surface area contributed by atoms with Crippen molar-refractivity contribution in [2.24, 2.45) is 0 Å². The molecule has 0 spiro atoms. The molecule has 0 unspecified atom stereocenters. The summed E-state index contributed by atoms with van der Waals surface area (Å²) >= 11 is 3.26. The summed E-state index contributed by atoms with van der Waals surface area (Å²) in [6, 6.07) is 3.49. The molecule has 1 N–H and O–H groups in total. The van der Waals surface area contributed by atoms with Gasteiger partial charge in [0.05, 0.1) is 0 Å². The lowest BCUT2D eigenvalue weighted by atomic mass is 10.0. The zero-order valence-electron chi connectivity index (χ0n) is 10.6. The van der Waals surface area contributed by atoms with Gasteiger partial charge in [0.15, 0.2) is 0 Å². The van der Waals surface area contributed by atoms with Crippen LogP contribution in [0.4, 0.5) is 13.2 Å². The number of halogens is 4. The lowest BCUT2D eigenvalue weighted by Crippen LogP contribution is -2.49. The second-order valence-corrected chi connectivity index (χ2v) is 5.61. The van der Waals surface area contributed by atoms with Gasteiger partial charge in [-0.1, -0.05) is 28.1 Å². The van der Waals surface area contributed by atoms with Crippen molar-refractivity contribution in [1.82, 2.24) is 10.2 Å². The zero-order valence-corrected chi connectivity index (χ0v) is 12.2. The molecule has 2 rings (SSSR count). The van der Waals surface area contributed by atoms with Crippen molar-refractivity contribution in [3.8, 4) is 0 Å². The minimum Gasteiger partial charge on any atom is -0.314 e. The summed E-state index contributed by atoms with van der Waals surface area (Å²) in [4.78, 5) is 1.49. The number of alkyl halides is 3. The van der Waals surface area contributed by atoms with E-state index in [2.05, 4.69) is 21.2 Å². The highest BCUT2D eigenvalue weighted by atomic mass is 79.9. The quantitative estimate of drug-likeness (QED) is 0.891. The van der Waals surface area contributed by atoms with Crippen LogP contribution in [0.5, 0.6) is 0 Å². The van der Waals surface area contributed by atoms with Crippen LogP contribution < -0.4 is 5.32 Å². The predicted octanol–water partition coefficient (Wildman–Crippen LogP) is 3.27. The highest BCUT2D eigenvalue weighted by Crippen LogP contribution is 2.40. The Morgan fingerprint density at radius 1 is 1.26 bits per heavy atom. The van der Waals surface area contributed by atoms with E-state index in [0.717, 1.165) is 5.56 Å². The van der Waals surface area contributed by atoms with Crippen LogP contribution >= 0.6 is 15.9 Å². The Balaban J connectivity index is 2.36. The molecule has 0 saturated carbocycles. The van der Waals surface area contributed by atoms with Crippen molar-refractivity contribution >= 4 is 15.9 Å². The molecule has 1 heterocycles. The van der Waals surface area contributed by atoms with Crippen LogP contribution in [0.3, 0.4) is 0 Å². The molecule has 0 bridgehead atoms. The molecule has 1 aromatic rings.